The summed E-state index contributed by atoms with van der Waals surface area (Å²) in [5.41, 5.74) is 4.13. The number of aryl methyl sites for hydroxylation is 1. The highest BCUT2D eigenvalue weighted by molar-refractivity contribution is 6.68. The lowest BCUT2D eigenvalue weighted by atomic mass is 9.67. The van der Waals surface area contributed by atoms with E-state index in [1.807, 2.05) is 32.8 Å². The lowest BCUT2D eigenvalue weighted by molar-refractivity contribution is 0.414. The third-order valence-corrected chi connectivity index (χ3v) is 5.66. The molecule has 0 radical (unpaired) electrons. The molecule has 0 saturated carbocycles. The van der Waals surface area contributed by atoms with Gasteiger partial charge in [-0.05, 0) is 19.9 Å². The van der Waals surface area contributed by atoms with Gasteiger partial charge < -0.3 is 9.64 Å². The summed E-state index contributed by atoms with van der Waals surface area (Å²) in [6.45, 7) is 5.29. The topological polar surface area (TPSA) is 73.8 Å². The zero-order valence-corrected chi connectivity index (χ0v) is 18.4. The van der Waals surface area contributed by atoms with Crippen molar-refractivity contribution in [3.63, 3.8) is 0 Å². The fourth-order valence-corrected chi connectivity index (χ4v) is 4.04. The molecule has 3 heterocycles. The van der Waals surface area contributed by atoms with Crippen molar-refractivity contribution in [3.05, 3.63) is 46.4 Å². The number of benzene rings is 1. The average molecular weight is 419 g/mol. The average Bonchev–Trinajstić information content (AvgIpc) is 3.23. The maximum atomic E-state index is 14.6. The number of pyridine rings is 1. The molecule has 0 fully saturated rings. The predicted molar refractivity (Wildman–Crippen MR) is 126 cm³/mol. The van der Waals surface area contributed by atoms with Crippen LogP contribution in [0.25, 0.3) is 33.2 Å². The number of allylic oxidation sites excluding steroid dienone is 3. The van der Waals surface area contributed by atoms with Crippen molar-refractivity contribution in [1.82, 2.24) is 14.1 Å². The van der Waals surface area contributed by atoms with E-state index >= 15 is 0 Å². The van der Waals surface area contributed by atoms with Crippen molar-refractivity contribution >= 4 is 51.7 Å². The first-order chi connectivity index (χ1) is 14.8. The molecule has 0 bridgehead atoms. The second-order valence-electron chi connectivity index (χ2n) is 7.46. The number of imidazole rings is 1. The molecule has 0 amide bonds. The van der Waals surface area contributed by atoms with Gasteiger partial charge in [0, 0.05) is 36.7 Å². The van der Waals surface area contributed by atoms with E-state index in [9.17, 15) is 9.18 Å². The summed E-state index contributed by atoms with van der Waals surface area (Å²) in [6.07, 6.45) is 3.52. The molecule has 1 aliphatic rings. The number of hydrogen-bond donors (Lipinski definition) is 0. The smallest absolute Gasteiger partial charge is 0.333 e. The van der Waals surface area contributed by atoms with Crippen LogP contribution in [-0.2, 0) is 7.05 Å². The predicted octanol–water partition coefficient (Wildman–Crippen LogP) is 3.77. The molecule has 2 aromatic heterocycles. The summed E-state index contributed by atoms with van der Waals surface area (Å²) in [7, 11) is 4.93. The molecule has 0 unspecified atom stereocenters. The van der Waals surface area contributed by atoms with Gasteiger partial charge in [-0.15, -0.1) is 0 Å². The van der Waals surface area contributed by atoms with Crippen molar-refractivity contribution in [2.24, 2.45) is 16.9 Å². The van der Waals surface area contributed by atoms with E-state index in [0.29, 0.717) is 44.5 Å². The van der Waals surface area contributed by atoms with Crippen molar-refractivity contribution in [2.45, 2.75) is 20.7 Å². The van der Waals surface area contributed by atoms with Gasteiger partial charge in [-0.1, -0.05) is 18.9 Å². The van der Waals surface area contributed by atoms with Crippen LogP contribution in [0.3, 0.4) is 0 Å². The summed E-state index contributed by atoms with van der Waals surface area (Å²) >= 11 is 0. The van der Waals surface area contributed by atoms with Crippen molar-refractivity contribution in [2.75, 3.05) is 14.2 Å². The highest BCUT2D eigenvalue weighted by Crippen LogP contribution is 2.36. The van der Waals surface area contributed by atoms with Gasteiger partial charge in [-0.3, -0.25) is 19.1 Å². The number of nitrogens with zero attached hydrogens (tertiary/aromatic N) is 5. The summed E-state index contributed by atoms with van der Waals surface area (Å²) in [5.74, 6) is 1.72. The third-order valence-electron chi connectivity index (χ3n) is 5.66. The molecule has 31 heavy (non-hydrogen) atoms. The summed E-state index contributed by atoms with van der Waals surface area (Å²) in [4.78, 5) is 26.0. The Kier molecular flexibility index (Phi) is 5.12. The number of halogens is 1. The number of aromatic nitrogens is 3. The Bertz CT molecular complexity index is 1410. The Hall–Kier alpha value is -3.49. The number of rotatable bonds is 4. The van der Waals surface area contributed by atoms with Crippen LogP contribution in [0.4, 0.5) is 4.39 Å². The van der Waals surface area contributed by atoms with Gasteiger partial charge in [0.1, 0.15) is 5.75 Å². The van der Waals surface area contributed by atoms with Gasteiger partial charge in [0.15, 0.2) is 0 Å². The van der Waals surface area contributed by atoms with Crippen LogP contribution < -0.4 is 10.4 Å². The van der Waals surface area contributed by atoms with Gasteiger partial charge >= 0.3 is 12.5 Å². The lowest BCUT2D eigenvalue weighted by Gasteiger charge is -2.13. The van der Waals surface area contributed by atoms with E-state index < -0.39 is 5.97 Å². The molecule has 4 rings (SSSR count). The first kappa shape index (κ1) is 20.8. The quantitative estimate of drug-likeness (QED) is 0.477. The van der Waals surface area contributed by atoms with E-state index in [1.165, 1.54) is 7.11 Å². The number of methoxy groups -OCH3 is 1. The molecular weight excluding hydrogens is 396 g/mol. The summed E-state index contributed by atoms with van der Waals surface area (Å²) in [6, 6.07) is 3.59. The van der Waals surface area contributed by atoms with Crippen molar-refractivity contribution in [3.8, 4) is 5.75 Å². The van der Waals surface area contributed by atoms with Gasteiger partial charge in [0.25, 0.3) is 0 Å². The standard InChI is InChI=1S/C22H23BFN5O2/c1-7-17(12(2)25-4)29-20-14-8-13(15-10-23(3)27-21(15)24)19(31-6)9-16(14)26-11-18(20)28(5)22(29)30/h7-11H,1-6H3/b17-7+,25-12?. The van der Waals surface area contributed by atoms with Crippen LogP contribution in [0, 0.1) is 0 Å². The van der Waals surface area contributed by atoms with E-state index in [1.54, 1.807) is 41.5 Å². The molecule has 0 spiro atoms. The summed E-state index contributed by atoms with van der Waals surface area (Å²) < 4.78 is 23.3. The Morgan fingerprint density at radius 2 is 2.10 bits per heavy atom. The zero-order chi connectivity index (χ0) is 22.4. The maximum Gasteiger partial charge on any atom is 0.333 e. The molecule has 0 N–H and O–H groups in total. The van der Waals surface area contributed by atoms with Crippen LogP contribution >= 0.6 is 0 Å². The second-order valence-corrected chi connectivity index (χ2v) is 7.46. The third kappa shape index (κ3) is 3.12. The SMILES string of the molecule is C/C=C(\C(C)=NC)n1c(=O)n(C)c2cnc3cc(OC)c(C4=CB(C)N=C4F)cc3c21. The molecule has 3 aromatic rings. The van der Waals surface area contributed by atoms with Crippen molar-refractivity contribution < 1.29 is 9.13 Å². The monoisotopic (exact) mass is 419 g/mol. The van der Waals surface area contributed by atoms with Gasteiger partial charge in [-0.2, -0.15) is 4.39 Å². The minimum atomic E-state index is -0.529. The normalized spacial score (nSPS) is 15.1. The van der Waals surface area contributed by atoms with Gasteiger partial charge in [0.05, 0.1) is 41.3 Å². The minimum Gasteiger partial charge on any atom is -0.496 e. The molecule has 0 aliphatic carbocycles. The molecule has 1 aromatic carbocycles. The number of hydrogen-bond acceptors (Lipinski definition) is 5. The van der Waals surface area contributed by atoms with Crippen LogP contribution in [0.2, 0.25) is 6.82 Å². The molecular formula is C22H23BFN5O2. The molecule has 7 nitrogen and oxygen atoms in total. The van der Waals surface area contributed by atoms with E-state index in [0.717, 1.165) is 5.71 Å². The van der Waals surface area contributed by atoms with Crippen LogP contribution in [0.1, 0.15) is 19.4 Å². The largest absolute Gasteiger partial charge is 0.496 e. The van der Waals surface area contributed by atoms with Crippen LogP contribution in [-0.4, -0.2) is 46.8 Å². The Morgan fingerprint density at radius 1 is 1.35 bits per heavy atom. The lowest BCUT2D eigenvalue weighted by Crippen LogP contribution is -2.24. The van der Waals surface area contributed by atoms with E-state index in [2.05, 4.69) is 14.9 Å². The molecule has 158 valence electrons. The maximum absolute atomic E-state index is 14.6. The minimum absolute atomic E-state index is 0.209. The number of fused-ring (bicyclic) bond motifs is 3. The second kappa shape index (κ2) is 7.65. The summed E-state index contributed by atoms with van der Waals surface area (Å²) in [5, 5.41) is 0.711. The fraction of sp³-hybridized carbons (Fsp3) is 0.273. The first-order valence-corrected chi connectivity index (χ1v) is 9.96. The Balaban J connectivity index is 2.16. The van der Waals surface area contributed by atoms with E-state index in [-0.39, 0.29) is 12.5 Å². The molecule has 0 atom stereocenters. The molecule has 0 saturated heterocycles. The first-order valence-electron chi connectivity index (χ1n) is 9.96. The number of ether oxygens (including phenoxy) is 1. The zero-order valence-electron chi connectivity index (χ0n) is 18.4. The highest BCUT2D eigenvalue weighted by Gasteiger charge is 2.25. The molecule has 1 aliphatic heterocycles. The van der Waals surface area contributed by atoms with Crippen LogP contribution in [0.5, 0.6) is 5.75 Å². The Labute approximate surface area is 179 Å². The van der Waals surface area contributed by atoms with E-state index in [4.69, 9.17) is 4.74 Å². The van der Waals surface area contributed by atoms with Gasteiger partial charge in [-0.25, -0.2) is 4.79 Å². The van der Waals surface area contributed by atoms with Crippen LogP contribution in [0.15, 0.2) is 45.1 Å². The van der Waals surface area contributed by atoms with Gasteiger partial charge in [0.2, 0.25) is 5.97 Å². The fourth-order valence-electron chi connectivity index (χ4n) is 4.04. The number of aliphatic imine (C=N–C) groups is 1. The van der Waals surface area contributed by atoms with Crippen molar-refractivity contribution in [1.29, 1.82) is 0 Å². The Morgan fingerprint density at radius 3 is 2.68 bits per heavy atom. The highest BCUT2D eigenvalue weighted by atomic mass is 19.1. The molecule has 9 heteroatoms.